The van der Waals surface area contributed by atoms with Gasteiger partial charge in [0.2, 0.25) is 0 Å². The normalized spacial score (nSPS) is 13.9. The number of hydrogen-bond donors (Lipinski definition) is 0. The summed E-state index contributed by atoms with van der Waals surface area (Å²) in [7, 11) is 0. The fourth-order valence-corrected chi connectivity index (χ4v) is 1.38. The zero-order valence-corrected chi connectivity index (χ0v) is 8.49. The molecule has 0 saturated carbocycles. The molecule has 0 saturated heterocycles. The fourth-order valence-electron chi connectivity index (χ4n) is 1.38. The second-order valence-electron chi connectivity index (χ2n) is 4.15. The van der Waals surface area contributed by atoms with Crippen LogP contribution in [0.5, 0.6) is 0 Å². The lowest BCUT2D eigenvalue weighted by Gasteiger charge is -2.25. The van der Waals surface area contributed by atoms with Crippen molar-refractivity contribution in [2.45, 2.75) is 41.0 Å². The topological polar surface area (TPSA) is 0 Å². The fraction of sp³-hybridized carbons (Fsp3) is 0.727. The van der Waals surface area contributed by atoms with E-state index in [-0.39, 0.29) is 5.41 Å². The van der Waals surface area contributed by atoms with E-state index in [9.17, 15) is 0 Å². The van der Waals surface area contributed by atoms with Gasteiger partial charge in [0.1, 0.15) is 0 Å². The maximum Gasteiger partial charge on any atom is -0.00946 e. The van der Waals surface area contributed by atoms with E-state index in [4.69, 9.17) is 0 Å². The van der Waals surface area contributed by atoms with Crippen LogP contribution in [-0.4, -0.2) is 0 Å². The molecule has 0 aliphatic carbocycles. The molecule has 0 N–H and O–H groups in total. The minimum Gasteiger partial charge on any atom is -0.129 e. The molecular formula is C11H20. The van der Waals surface area contributed by atoms with Crippen LogP contribution in [0.2, 0.25) is 0 Å². The highest BCUT2D eigenvalue weighted by molar-refractivity contribution is 5.11. The number of hydrogen-bond acceptors (Lipinski definition) is 0. The lowest BCUT2D eigenvalue weighted by Crippen LogP contribution is -2.14. The summed E-state index contributed by atoms with van der Waals surface area (Å²) in [6.45, 7) is 14.8. The van der Waals surface area contributed by atoms with E-state index >= 15 is 0 Å². The third-order valence-electron chi connectivity index (χ3n) is 2.10. The van der Waals surface area contributed by atoms with Gasteiger partial charge in [0.05, 0.1) is 0 Å². The van der Waals surface area contributed by atoms with Gasteiger partial charge in [0.15, 0.2) is 0 Å². The van der Waals surface area contributed by atoms with Crippen molar-refractivity contribution >= 4 is 0 Å². The van der Waals surface area contributed by atoms with Crippen molar-refractivity contribution in [1.29, 1.82) is 0 Å². The molecule has 0 amide bonds. The number of allylic oxidation sites excluding steroid dienone is 1. The molecule has 1 atom stereocenters. The van der Waals surface area contributed by atoms with Crippen LogP contribution in [0.4, 0.5) is 0 Å². The van der Waals surface area contributed by atoms with Gasteiger partial charge < -0.3 is 0 Å². The highest BCUT2D eigenvalue weighted by Crippen LogP contribution is 2.31. The van der Waals surface area contributed by atoms with Gasteiger partial charge in [-0.2, -0.15) is 0 Å². The molecule has 0 spiro atoms. The van der Waals surface area contributed by atoms with Gasteiger partial charge >= 0.3 is 0 Å². The van der Waals surface area contributed by atoms with Gasteiger partial charge in [0.25, 0.3) is 0 Å². The third kappa shape index (κ3) is 2.95. The Morgan fingerprint density at radius 1 is 1.45 bits per heavy atom. The summed E-state index contributed by atoms with van der Waals surface area (Å²) in [6.07, 6.45) is 1.18. The van der Waals surface area contributed by atoms with Crippen molar-refractivity contribution in [3.8, 4) is 0 Å². The predicted molar refractivity (Wildman–Crippen MR) is 51.6 cm³/mol. The van der Waals surface area contributed by atoms with Crippen LogP contribution in [0.15, 0.2) is 17.9 Å². The van der Waals surface area contributed by atoms with E-state index in [1.807, 2.05) is 0 Å². The van der Waals surface area contributed by atoms with Crippen molar-refractivity contribution < 1.29 is 0 Å². The summed E-state index contributed by atoms with van der Waals surface area (Å²) >= 11 is 0. The van der Waals surface area contributed by atoms with Crippen LogP contribution in [0.25, 0.3) is 0 Å². The van der Waals surface area contributed by atoms with E-state index in [2.05, 4.69) is 46.9 Å². The Morgan fingerprint density at radius 3 is 2.00 bits per heavy atom. The van der Waals surface area contributed by atoms with E-state index in [1.165, 1.54) is 12.0 Å². The Balaban J connectivity index is 4.58. The van der Waals surface area contributed by atoms with E-state index in [0.29, 0.717) is 5.92 Å². The lowest BCUT2D eigenvalue weighted by atomic mass is 9.79. The summed E-state index contributed by atoms with van der Waals surface area (Å²) in [5.41, 5.74) is 4.64. The van der Waals surface area contributed by atoms with Gasteiger partial charge in [-0.25, -0.2) is 0 Å². The Kier molecular flexibility index (Phi) is 3.62. The van der Waals surface area contributed by atoms with Crippen LogP contribution in [0.1, 0.15) is 41.0 Å². The molecule has 11 heavy (non-hydrogen) atoms. The maximum atomic E-state index is 3.73. The zero-order valence-electron chi connectivity index (χ0n) is 8.49. The molecule has 0 aromatic rings. The molecule has 0 heterocycles. The minimum atomic E-state index is 0.233. The predicted octanol–water partition coefficient (Wildman–Crippen LogP) is 3.79. The first kappa shape index (κ1) is 10.5. The Labute approximate surface area is 71.0 Å². The Bertz CT molecular complexity index is 163. The van der Waals surface area contributed by atoms with E-state index in [0.717, 1.165) is 0 Å². The van der Waals surface area contributed by atoms with Gasteiger partial charge in [-0.15, -0.1) is 5.73 Å². The second-order valence-corrected chi connectivity index (χ2v) is 4.15. The summed E-state index contributed by atoms with van der Waals surface area (Å²) < 4.78 is 0. The van der Waals surface area contributed by atoms with Crippen LogP contribution >= 0.6 is 0 Å². The number of rotatable bonds is 2. The molecular weight excluding hydrogens is 132 g/mol. The van der Waals surface area contributed by atoms with E-state index < -0.39 is 0 Å². The van der Waals surface area contributed by atoms with Crippen LogP contribution in [0, 0.1) is 11.3 Å². The van der Waals surface area contributed by atoms with Crippen molar-refractivity contribution in [2.75, 3.05) is 0 Å². The smallest absolute Gasteiger partial charge is 0.00946 e. The molecule has 0 aliphatic rings. The van der Waals surface area contributed by atoms with Crippen LogP contribution in [-0.2, 0) is 0 Å². The molecule has 0 fully saturated rings. The summed E-state index contributed by atoms with van der Waals surface area (Å²) in [5, 5.41) is 0. The van der Waals surface area contributed by atoms with Gasteiger partial charge in [0, 0.05) is 0 Å². The van der Waals surface area contributed by atoms with Crippen molar-refractivity contribution in [3.05, 3.63) is 17.9 Å². The molecule has 0 rings (SSSR count). The lowest BCUT2D eigenvalue weighted by molar-refractivity contribution is 0.430. The van der Waals surface area contributed by atoms with E-state index in [1.54, 1.807) is 0 Å². The van der Waals surface area contributed by atoms with Crippen molar-refractivity contribution in [3.63, 3.8) is 0 Å². The van der Waals surface area contributed by atoms with Crippen molar-refractivity contribution in [1.82, 2.24) is 0 Å². The van der Waals surface area contributed by atoms with Gasteiger partial charge in [-0.3, -0.25) is 0 Å². The molecule has 0 heteroatoms. The SMILES string of the molecule is C=C=C(C(C)CC)C(C)(C)C. The van der Waals surface area contributed by atoms with Crippen LogP contribution in [0.3, 0.4) is 0 Å². The first-order chi connectivity index (χ1) is 4.93. The molecule has 0 bridgehead atoms. The van der Waals surface area contributed by atoms with Crippen LogP contribution < -0.4 is 0 Å². The average molecular weight is 152 g/mol. The maximum absolute atomic E-state index is 3.73. The highest BCUT2D eigenvalue weighted by atomic mass is 14.2. The molecule has 0 nitrogen and oxygen atoms in total. The van der Waals surface area contributed by atoms with Gasteiger partial charge in [-0.05, 0) is 23.3 Å². The molecule has 0 radical (unpaired) electrons. The monoisotopic (exact) mass is 152 g/mol. The first-order valence-electron chi connectivity index (χ1n) is 4.33. The Morgan fingerprint density at radius 2 is 1.91 bits per heavy atom. The summed E-state index contributed by atoms with van der Waals surface area (Å²) in [5.74, 6) is 0.618. The molecule has 1 unspecified atom stereocenters. The van der Waals surface area contributed by atoms with Crippen molar-refractivity contribution in [2.24, 2.45) is 11.3 Å². The first-order valence-corrected chi connectivity index (χ1v) is 4.33. The zero-order chi connectivity index (χ0) is 9.07. The quantitative estimate of drug-likeness (QED) is 0.528. The molecule has 0 aliphatic heterocycles. The molecule has 64 valence electrons. The standard InChI is InChI=1S/C11H20/c1-7-9(3)10(8-2)11(4,5)6/h9H,2,7H2,1,3-6H3. The average Bonchev–Trinajstić information content (AvgIpc) is 1.86. The largest absolute Gasteiger partial charge is 0.129 e. The molecule has 0 aromatic carbocycles. The third-order valence-corrected chi connectivity index (χ3v) is 2.10. The minimum absolute atomic E-state index is 0.233. The highest BCUT2D eigenvalue weighted by Gasteiger charge is 2.20. The Hall–Kier alpha value is -0.480. The summed E-state index contributed by atoms with van der Waals surface area (Å²) in [6, 6.07) is 0. The molecule has 0 aromatic heterocycles. The summed E-state index contributed by atoms with van der Waals surface area (Å²) in [4.78, 5) is 0. The second kappa shape index (κ2) is 3.78. The van der Waals surface area contributed by atoms with Gasteiger partial charge in [-0.1, -0.05) is 41.2 Å².